The summed E-state index contributed by atoms with van der Waals surface area (Å²) in [4.78, 5) is 8.81. The monoisotopic (exact) mass is 466 g/mol. The number of aromatic nitrogens is 2. The van der Waals surface area contributed by atoms with E-state index >= 15 is 0 Å². The highest BCUT2D eigenvalue weighted by molar-refractivity contribution is 6.08. The Morgan fingerprint density at radius 3 is 2.51 bits per heavy atom. The second-order valence-electron chi connectivity index (χ2n) is 10.5. The minimum atomic E-state index is -2.35. The highest BCUT2D eigenvalue weighted by Gasteiger charge is 2.27. The predicted molar refractivity (Wildman–Crippen MR) is 145 cm³/mol. The first-order chi connectivity index (χ1) is 19.3. The number of hydrogen-bond donors (Lipinski definition) is 0. The van der Waals surface area contributed by atoms with Crippen molar-refractivity contribution in [2.24, 2.45) is 5.41 Å². The first-order valence-corrected chi connectivity index (χ1v) is 12.2. The van der Waals surface area contributed by atoms with Crippen molar-refractivity contribution in [1.82, 2.24) is 9.97 Å². The van der Waals surface area contributed by atoms with E-state index in [-0.39, 0.29) is 17.0 Å². The molecule has 0 bridgehead atoms. The number of nitrogens with zero attached hydrogens (tertiary/aromatic N) is 2. The number of benzene rings is 2. The van der Waals surface area contributed by atoms with Gasteiger partial charge in [-0.1, -0.05) is 50.2 Å². The molecule has 0 amide bonds. The van der Waals surface area contributed by atoms with E-state index in [1.807, 2.05) is 36.4 Å². The lowest BCUT2D eigenvalue weighted by atomic mass is 9.71. The van der Waals surface area contributed by atoms with E-state index in [2.05, 4.69) is 35.9 Å². The Kier molecular flexibility index (Phi) is 3.87. The van der Waals surface area contributed by atoms with Crippen LogP contribution in [-0.2, 0) is 0 Å². The fourth-order valence-electron chi connectivity index (χ4n) is 5.39. The van der Waals surface area contributed by atoms with Crippen LogP contribution in [0, 0.1) is 19.1 Å². The van der Waals surface area contributed by atoms with E-state index in [9.17, 15) is 0 Å². The summed E-state index contributed by atoms with van der Waals surface area (Å²) in [5.41, 5.74) is 5.27. The molecular formula is C32H32N2O. The number of furan rings is 1. The molecule has 1 aliphatic rings. The summed E-state index contributed by atoms with van der Waals surface area (Å²) in [6, 6.07) is 19.0. The van der Waals surface area contributed by atoms with Gasteiger partial charge in [-0.15, -0.1) is 0 Å². The second kappa shape index (κ2) is 8.34. The van der Waals surface area contributed by atoms with Crippen LogP contribution in [0.5, 0.6) is 0 Å². The molecule has 3 heteroatoms. The standard InChI is InChI=1S/C32H32N2O/c1-20-19-33-29(27-7-5-6-25-26-13-8-21(2)34-31(26)35-30(25)27)18-28(20)24-11-9-22(10-12-24)23-14-16-32(3,4)17-15-23/h5-13,18-19,23H,14-17H2,1-4H3/i1D3,2D3. The van der Waals surface area contributed by atoms with E-state index in [4.69, 9.17) is 12.6 Å². The molecule has 0 aliphatic heterocycles. The quantitative estimate of drug-likeness (QED) is 0.266. The molecule has 0 spiro atoms. The number of rotatable bonds is 3. The van der Waals surface area contributed by atoms with Crippen LogP contribution in [0.1, 0.15) is 70.5 Å². The number of pyridine rings is 2. The van der Waals surface area contributed by atoms with Crippen LogP contribution in [0.2, 0.25) is 0 Å². The van der Waals surface area contributed by atoms with Gasteiger partial charge in [0, 0.05) is 36.5 Å². The minimum absolute atomic E-state index is 0.0339. The zero-order valence-corrected chi connectivity index (χ0v) is 20.1. The lowest BCUT2D eigenvalue weighted by Gasteiger charge is -2.34. The van der Waals surface area contributed by atoms with Gasteiger partial charge in [0.05, 0.1) is 5.69 Å². The molecule has 3 heterocycles. The minimum Gasteiger partial charge on any atom is -0.437 e. The van der Waals surface area contributed by atoms with Gasteiger partial charge in [0.2, 0.25) is 5.71 Å². The van der Waals surface area contributed by atoms with E-state index in [0.717, 1.165) is 23.8 Å². The Morgan fingerprint density at radius 1 is 0.914 bits per heavy atom. The molecule has 35 heavy (non-hydrogen) atoms. The maximum absolute atomic E-state index is 8.17. The summed E-state index contributed by atoms with van der Waals surface area (Å²) in [5.74, 6) is 0.525. The zero-order valence-electron chi connectivity index (χ0n) is 26.1. The molecule has 0 unspecified atom stereocenters. The van der Waals surface area contributed by atoms with E-state index in [1.165, 1.54) is 30.7 Å². The second-order valence-corrected chi connectivity index (χ2v) is 10.5. The molecule has 1 fully saturated rings. The maximum Gasteiger partial charge on any atom is 0.227 e. The van der Waals surface area contributed by atoms with Crippen molar-refractivity contribution in [2.45, 2.75) is 59.2 Å². The van der Waals surface area contributed by atoms with Gasteiger partial charge in [0.25, 0.3) is 0 Å². The van der Waals surface area contributed by atoms with Crippen molar-refractivity contribution < 1.29 is 12.6 Å². The Balaban J connectivity index is 1.43. The van der Waals surface area contributed by atoms with Gasteiger partial charge in [0.1, 0.15) is 5.58 Å². The summed E-state index contributed by atoms with van der Waals surface area (Å²) >= 11 is 0. The third kappa shape index (κ3) is 4.03. The van der Waals surface area contributed by atoms with Gasteiger partial charge in [0.15, 0.2) is 0 Å². The van der Waals surface area contributed by atoms with E-state index in [0.29, 0.717) is 39.1 Å². The fraction of sp³-hybridized carbons (Fsp3) is 0.312. The van der Waals surface area contributed by atoms with Crippen LogP contribution < -0.4 is 0 Å². The lowest BCUT2D eigenvalue weighted by Crippen LogP contribution is -2.20. The molecule has 3 aromatic heterocycles. The normalized spacial score (nSPS) is 19.5. The largest absolute Gasteiger partial charge is 0.437 e. The van der Waals surface area contributed by atoms with Gasteiger partial charge in [-0.2, -0.15) is 0 Å². The fourth-order valence-corrected chi connectivity index (χ4v) is 5.39. The molecule has 0 saturated heterocycles. The molecule has 0 radical (unpaired) electrons. The molecule has 3 nitrogen and oxygen atoms in total. The van der Waals surface area contributed by atoms with Crippen LogP contribution in [0.15, 0.2) is 71.3 Å². The van der Waals surface area contributed by atoms with Crippen LogP contribution in [0.4, 0.5) is 0 Å². The Morgan fingerprint density at radius 2 is 1.74 bits per heavy atom. The van der Waals surface area contributed by atoms with Crippen LogP contribution in [-0.4, -0.2) is 9.97 Å². The van der Waals surface area contributed by atoms with E-state index < -0.39 is 13.7 Å². The molecule has 1 aliphatic carbocycles. The van der Waals surface area contributed by atoms with Crippen LogP contribution in [0.3, 0.4) is 0 Å². The summed E-state index contributed by atoms with van der Waals surface area (Å²) in [5, 5.41) is 1.49. The van der Waals surface area contributed by atoms with Gasteiger partial charge in [-0.25, -0.2) is 4.98 Å². The third-order valence-corrected chi connectivity index (χ3v) is 7.58. The number of fused-ring (bicyclic) bond motifs is 3. The Labute approximate surface area is 215 Å². The highest BCUT2D eigenvalue weighted by atomic mass is 16.3. The molecule has 0 atom stereocenters. The molecule has 5 aromatic rings. The average molecular weight is 467 g/mol. The van der Waals surface area contributed by atoms with Crippen molar-refractivity contribution in [3.63, 3.8) is 0 Å². The van der Waals surface area contributed by atoms with Gasteiger partial charge in [-0.05, 0) is 97.2 Å². The molecular weight excluding hydrogens is 428 g/mol. The molecule has 6 rings (SSSR count). The van der Waals surface area contributed by atoms with Crippen molar-refractivity contribution in [3.05, 3.63) is 83.7 Å². The third-order valence-electron chi connectivity index (χ3n) is 7.58. The van der Waals surface area contributed by atoms with Crippen molar-refractivity contribution in [3.8, 4) is 22.4 Å². The predicted octanol–water partition coefficient (Wildman–Crippen LogP) is 9.01. The summed E-state index contributed by atoms with van der Waals surface area (Å²) in [6.45, 7) is -0.0167. The molecule has 0 N–H and O–H groups in total. The van der Waals surface area contributed by atoms with Crippen molar-refractivity contribution >= 4 is 22.1 Å². The highest BCUT2D eigenvalue weighted by Crippen LogP contribution is 2.43. The van der Waals surface area contributed by atoms with Crippen LogP contribution >= 0.6 is 0 Å². The Hall–Kier alpha value is -3.46. The van der Waals surface area contributed by atoms with Crippen LogP contribution in [0.25, 0.3) is 44.5 Å². The smallest absolute Gasteiger partial charge is 0.227 e. The number of aryl methyl sites for hydroxylation is 2. The summed E-state index contributed by atoms with van der Waals surface area (Å²) in [6.07, 6.45) is 6.17. The van der Waals surface area contributed by atoms with Gasteiger partial charge < -0.3 is 4.42 Å². The summed E-state index contributed by atoms with van der Waals surface area (Å²) in [7, 11) is 0. The van der Waals surface area contributed by atoms with E-state index in [1.54, 1.807) is 6.07 Å². The van der Waals surface area contributed by atoms with Gasteiger partial charge in [-0.3, -0.25) is 4.98 Å². The number of hydrogen-bond acceptors (Lipinski definition) is 3. The SMILES string of the molecule is [2H]C([2H])([2H])c1ccc2c(n1)oc1c(-c3cc(-c4ccc(C5CCC(C)(C)CC5)cc4)c(C([2H])([2H])[2H])cn3)cccc12. The Bertz CT molecular complexity index is 1740. The molecule has 1 saturated carbocycles. The average Bonchev–Trinajstić information content (AvgIpc) is 3.30. The lowest BCUT2D eigenvalue weighted by molar-refractivity contribution is 0.224. The van der Waals surface area contributed by atoms with Gasteiger partial charge >= 0.3 is 0 Å². The zero-order chi connectivity index (χ0) is 29.2. The summed E-state index contributed by atoms with van der Waals surface area (Å²) < 4.78 is 53.7. The topological polar surface area (TPSA) is 38.9 Å². The molecule has 176 valence electrons. The number of para-hydroxylation sites is 1. The van der Waals surface area contributed by atoms with Crippen molar-refractivity contribution in [1.29, 1.82) is 0 Å². The van der Waals surface area contributed by atoms with Crippen molar-refractivity contribution in [2.75, 3.05) is 0 Å². The first kappa shape index (κ1) is 16.3. The first-order valence-electron chi connectivity index (χ1n) is 15.2. The molecule has 2 aromatic carbocycles. The maximum atomic E-state index is 8.17.